The molecule has 2 aromatic rings. The Hall–Kier alpha value is -2.48. The van der Waals surface area contributed by atoms with Gasteiger partial charge in [-0.2, -0.15) is 0 Å². The van der Waals surface area contributed by atoms with E-state index in [2.05, 4.69) is 10.2 Å². The number of ether oxygens (including phenoxy) is 1. The highest BCUT2D eigenvalue weighted by molar-refractivity contribution is 6.30. The first-order valence-corrected chi connectivity index (χ1v) is 9.44. The lowest BCUT2D eigenvalue weighted by Crippen LogP contribution is -2.43. The van der Waals surface area contributed by atoms with Crippen LogP contribution in [-0.2, 0) is 4.74 Å². The maximum Gasteiger partial charge on any atom is 0.272 e. The average molecular weight is 404 g/mol. The summed E-state index contributed by atoms with van der Waals surface area (Å²) < 4.78 is 5.44. The van der Waals surface area contributed by atoms with E-state index in [0.29, 0.717) is 35.9 Å². The molecule has 0 bridgehead atoms. The van der Waals surface area contributed by atoms with E-state index in [-0.39, 0.29) is 17.6 Å². The maximum absolute atomic E-state index is 12.6. The van der Waals surface area contributed by atoms with Crippen LogP contribution < -0.4 is 5.32 Å². The number of nitro groups is 1. The Morgan fingerprint density at radius 3 is 2.54 bits per heavy atom. The van der Waals surface area contributed by atoms with Crippen LogP contribution in [0.4, 0.5) is 5.69 Å². The number of carbonyl (C=O) groups is 1. The van der Waals surface area contributed by atoms with Crippen LogP contribution in [0, 0.1) is 17.0 Å². The molecular formula is C20H22ClN3O4. The molecule has 8 heteroatoms. The zero-order valence-electron chi connectivity index (χ0n) is 15.6. The summed E-state index contributed by atoms with van der Waals surface area (Å²) in [6.07, 6.45) is 0. The molecule has 148 valence electrons. The Kier molecular flexibility index (Phi) is 6.61. The first-order chi connectivity index (χ1) is 13.5. The second-order valence-corrected chi connectivity index (χ2v) is 7.12. The van der Waals surface area contributed by atoms with Crippen molar-refractivity contribution in [1.82, 2.24) is 10.2 Å². The van der Waals surface area contributed by atoms with Crippen molar-refractivity contribution in [3.8, 4) is 0 Å². The molecule has 1 aliphatic rings. The molecule has 7 nitrogen and oxygen atoms in total. The zero-order valence-corrected chi connectivity index (χ0v) is 16.3. The minimum atomic E-state index is -0.452. The van der Waals surface area contributed by atoms with Crippen LogP contribution in [0.3, 0.4) is 0 Å². The number of benzene rings is 2. The summed E-state index contributed by atoms with van der Waals surface area (Å²) >= 11 is 6.01. The summed E-state index contributed by atoms with van der Waals surface area (Å²) in [6, 6.07) is 12.0. The number of morpholine rings is 1. The molecule has 1 unspecified atom stereocenters. The fraction of sp³-hybridized carbons (Fsp3) is 0.350. The van der Waals surface area contributed by atoms with Gasteiger partial charge in [0, 0.05) is 41.9 Å². The van der Waals surface area contributed by atoms with Crippen molar-refractivity contribution in [2.45, 2.75) is 13.0 Å². The predicted octanol–water partition coefficient (Wildman–Crippen LogP) is 3.36. The summed E-state index contributed by atoms with van der Waals surface area (Å²) in [5.41, 5.74) is 1.93. The monoisotopic (exact) mass is 403 g/mol. The lowest BCUT2D eigenvalue weighted by molar-refractivity contribution is -0.385. The number of carbonyl (C=O) groups excluding carboxylic acids is 1. The van der Waals surface area contributed by atoms with Gasteiger partial charge in [-0.25, -0.2) is 0 Å². The molecule has 0 aliphatic carbocycles. The Balaban J connectivity index is 1.73. The quantitative estimate of drug-likeness (QED) is 0.590. The first-order valence-electron chi connectivity index (χ1n) is 9.06. The number of hydrogen-bond donors (Lipinski definition) is 1. The fourth-order valence-electron chi connectivity index (χ4n) is 3.32. The number of hydrogen-bond acceptors (Lipinski definition) is 5. The Morgan fingerprint density at radius 1 is 1.25 bits per heavy atom. The molecule has 28 heavy (non-hydrogen) atoms. The number of nitrogens with zero attached hydrogens (tertiary/aromatic N) is 2. The third-order valence-corrected chi connectivity index (χ3v) is 5.10. The van der Waals surface area contributed by atoms with Gasteiger partial charge in [0.05, 0.1) is 24.2 Å². The molecule has 1 N–H and O–H groups in total. The van der Waals surface area contributed by atoms with E-state index in [1.807, 2.05) is 24.3 Å². The molecular weight excluding hydrogens is 382 g/mol. The normalized spacial score (nSPS) is 15.8. The summed E-state index contributed by atoms with van der Waals surface area (Å²) in [6.45, 7) is 4.90. The number of nitrogens with one attached hydrogen (secondary N) is 1. The van der Waals surface area contributed by atoms with Crippen molar-refractivity contribution < 1.29 is 14.5 Å². The molecule has 1 heterocycles. The van der Waals surface area contributed by atoms with Gasteiger partial charge >= 0.3 is 0 Å². The van der Waals surface area contributed by atoms with E-state index < -0.39 is 4.92 Å². The second kappa shape index (κ2) is 9.14. The van der Waals surface area contributed by atoms with E-state index in [1.165, 1.54) is 12.1 Å². The third-order valence-electron chi connectivity index (χ3n) is 4.85. The highest BCUT2D eigenvalue weighted by atomic mass is 35.5. The van der Waals surface area contributed by atoms with Crippen LogP contribution in [0.5, 0.6) is 0 Å². The standard InChI is InChI=1S/C20H22ClN3O4/c1-14-12-16(4-7-18(14)24(26)27)20(25)22-13-19(23-8-10-28-11-9-23)15-2-5-17(21)6-3-15/h2-7,12,19H,8-11,13H2,1H3,(H,22,25). The zero-order chi connectivity index (χ0) is 20.1. The topological polar surface area (TPSA) is 84.7 Å². The summed E-state index contributed by atoms with van der Waals surface area (Å²) in [7, 11) is 0. The SMILES string of the molecule is Cc1cc(C(=O)NCC(c2ccc(Cl)cc2)N2CCOCC2)ccc1[N+](=O)[O-]. The fourth-order valence-corrected chi connectivity index (χ4v) is 3.45. The van der Waals surface area contributed by atoms with E-state index in [4.69, 9.17) is 16.3 Å². The van der Waals surface area contributed by atoms with Gasteiger partial charge in [0.2, 0.25) is 0 Å². The smallest absolute Gasteiger partial charge is 0.272 e. The molecule has 1 saturated heterocycles. The third kappa shape index (κ3) is 4.86. The van der Waals surface area contributed by atoms with E-state index in [9.17, 15) is 14.9 Å². The molecule has 1 atom stereocenters. The van der Waals surface area contributed by atoms with Gasteiger partial charge in [0.25, 0.3) is 11.6 Å². The molecule has 0 radical (unpaired) electrons. The highest BCUT2D eigenvalue weighted by Gasteiger charge is 2.23. The Bertz CT molecular complexity index is 851. The van der Waals surface area contributed by atoms with Gasteiger partial charge in [-0.3, -0.25) is 19.8 Å². The average Bonchev–Trinajstić information content (AvgIpc) is 2.69. The predicted molar refractivity (Wildman–Crippen MR) is 107 cm³/mol. The number of halogens is 1. The molecule has 2 aromatic carbocycles. The minimum Gasteiger partial charge on any atom is -0.379 e. The molecule has 0 saturated carbocycles. The Morgan fingerprint density at radius 2 is 1.93 bits per heavy atom. The van der Waals surface area contributed by atoms with Crippen LogP contribution in [0.2, 0.25) is 5.02 Å². The molecule has 1 aliphatic heterocycles. The van der Waals surface area contributed by atoms with Gasteiger partial charge in [0.1, 0.15) is 0 Å². The molecule has 1 amide bonds. The second-order valence-electron chi connectivity index (χ2n) is 6.68. The van der Waals surface area contributed by atoms with E-state index >= 15 is 0 Å². The van der Waals surface area contributed by atoms with Crippen molar-refractivity contribution in [1.29, 1.82) is 0 Å². The maximum atomic E-state index is 12.6. The van der Waals surface area contributed by atoms with Crippen LogP contribution in [0.1, 0.15) is 27.5 Å². The van der Waals surface area contributed by atoms with Crippen LogP contribution in [-0.4, -0.2) is 48.6 Å². The van der Waals surface area contributed by atoms with E-state index in [1.54, 1.807) is 13.0 Å². The van der Waals surface area contributed by atoms with Crippen molar-refractivity contribution in [2.75, 3.05) is 32.8 Å². The van der Waals surface area contributed by atoms with Crippen LogP contribution >= 0.6 is 11.6 Å². The lowest BCUT2D eigenvalue weighted by Gasteiger charge is -2.35. The van der Waals surface area contributed by atoms with Crippen molar-refractivity contribution in [3.63, 3.8) is 0 Å². The van der Waals surface area contributed by atoms with Crippen molar-refractivity contribution in [2.24, 2.45) is 0 Å². The lowest BCUT2D eigenvalue weighted by atomic mass is 10.0. The highest BCUT2D eigenvalue weighted by Crippen LogP contribution is 2.24. The number of rotatable bonds is 6. The van der Waals surface area contributed by atoms with Crippen molar-refractivity contribution in [3.05, 3.63) is 74.3 Å². The van der Waals surface area contributed by atoms with Gasteiger partial charge in [0.15, 0.2) is 0 Å². The summed E-state index contributed by atoms with van der Waals surface area (Å²) in [4.78, 5) is 25.4. The molecule has 0 aromatic heterocycles. The minimum absolute atomic E-state index is 0.00362. The van der Waals surface area contributed by atoms with Gasteiger partial charge in [-0.05, 0) is 36.8 Å². The van der Waals surface area contributed by atoms with Gasteiger partial charge in [-0.15, -0.1) is 0 Å². The number of aryl methyl sites for hydroxylation is 1. The van der Waals surface area contributed by atoms with Gasteiger partial charge in [-0.1, -0.05) is 23.7 Å². The van der Waals surface area contributed by atoms with Gasteiger partial charge < -0.3 is 10.1 Å². The van der Waals surface area contributed by atoms with Crippen molar-refractivity contribution >= 4 is 23.2 Å². The Labute approximate surface area is 168 Å². The summed E-state index contributed by atoms with van der Waals surface area (Å²) in [5, 5.41) is 14.6. The number of amides is 1. The number of nitro benzene ring substituents is 1. The van der Waals surface area contributed by atoms with Crippen LogP contribution in [0.25, 0.3) is 0 Å². The molecule has 0 spiro atoms. The van der Waals surface area contributed by atoms with Crippen LogP contribution in [0.15, 0.2) is 42.5 Å². The first kappa shape index (κ1) is 20.3. The molecule has 1 fully saturated rings. The molecule has 3 rings (SSSR count). The van der Waals surface area contributed by atoms with E-state index in [0.717, 1.165) is 18.7 Å². The largest absolute Gasteiger partial charge is 0.379 e. The summed E-state index contributed by atoms with van der Waals surface area (Å²) in [5.74, 6) is -0.259.